The van der Waals surface area contributed by atoms with Crippen LogP contribution in [0, 0.1) is 11.3 Å². The van der Waals surface area contributed by atoms with Gasteiger partial charge in [0.2, 0.25) is 0 Å². The van der Waals surface area contributed by atoms with Gasteiger partial charge in [0.1, 0.15) is 11.8 Å². The molecule has 0 unspecified atom stereocenters. The lowest BCUT2D eigenvalue weighted by molar-refractivity contribution is -0.126. The predicted octanol–water partition coefficient (Wildman–Crippen LogP) is 0.187. The van der Waals surface area contributed by atoms with E-state index in [2.05, 4.69) is 5.32 Å². The molecule has 1 rings (SSSR count). The molecule has 3 N–H and O–H groups in total. The van der Waals surface area contributed by atoms with Crippen LogP contribution >= 0.6 is 0 Å². The number of para-hydroxylation sites is 1. The number of nitrogens with one attached hydrogen (secondary N) is 1. The number of rotatable bonds is 7. The van der Waals surface area contributed by atoms with Gasteiger partial charge in [-0.1, -0.05) is 19.1 Å². The fraction of sp³-hybridized carbons (Fsp3) is 0.429. The van der Waals surface area contributed by atoms with Crippen LogP contribution in [0.2, 0.25) is 0 Å². The minimum Gasteiger partial charge on any atom is -0.482 e. The van der Waals surface area contributed by atoms with Crippen molar-refractivity contribution in [1.29, 1.82) is 5.26 Å². The molecule has 6 nitrogen and oxygen atoms in total. The Hall–Kier alpha value is -2.10. The van der Waals surface area contributed by atoms with Crippen molar-refractivity contribution in [2.75, 3.05) is 19.8 Å². The van der Waals surface area contributed by atoms with Gasteiger partial charge in [-0.25, -0.2) is 0 Å². The lowest BCUT2D eigenvalue weighted by Crippen LogP contribution is -2.55. The van der Waals surface area contributed by atoms with Crippen molar-refractivity contribution >= 4 is 5.91 Å². The van der Waals surface area contributed by atoms with Gasteiger partial charge in [0, 0.05) is 0 Å². The second-order valence-corrected chi connectivity index (χ2v) is 4.39. The number of hydrogen-bond acceptors (Lipinski definition) is 5. The van der Waals surface area contributed by atoms with Crippen molar-refractivity contribution in [1.82, 2.24) is 5.32 Å². The Morgan fingerprint density at radius 3 is 2.60 bits per heavy atom. The van der Waals surface area contributed by atoms with Crippen LogP contribution in [-0.4, -0.2) is 41.5 Å². The summed E-state index contributed by atoms with van der Waals surface area (Å²) in [4.78, 5) is 11.8. The number of carbonyl (C=O) groups excluding carboxylic acids is 1. The molecule has 0 aliphatic carbocycles. The monoisotopic (exact) mass is 278 g/mol. The van der Waals surface area contributed by atoms with Gasteiger partial charge in [0.05, 0.1) is 24.3 Å². The third-order valence-electron chi connectivity index (χ3n) is 3.05. The molecule has 0 bridgehead atoms. The van der Waals surface area contributed by atoms with Gasteiger partial charge in [-0.05, 0) is 18.6 Å². The van der Waals surface area contributed by atoms with Crippen molar-refractivity contribution in [3.8, 4) is 11.8 Å². The molecule has 108 valence electrons. The third kappa shape index (κ3) is 3.95. The van der Waals surface area contributed by atoms with E-state index in [0.29, 0.717) is 17.7 Å². The van der Waals surface area contributed by atoms with Gasteiger partial charge in [-0.15, -0.1) is 0 Å². The van der Waals surface area contributed by atoms with Crippen molar-refractivity contribution in [3.05, 3.63) is 29.8 Å². The first-order valence-electron chi connectivity index (χ1n) is 6.25. The van der Waals surface area contributed by atoms with E-state index < -0.39 is 11.4 Å². The molecule has 6 heteroatoms. The number of amides is 1. The van der Waals surface area contributed by atoms with Crippen LogP contribution in [0.5, 0.6) is 5.75 Å². The van der Waals surface area contributed by atoms with Gasteiger partial charge in [0.25, 0.3) is 5.91 Å². The molecule has 0 heterocycles. The predicted molar refractivity (Wildman–Crippen MR) is 72.0 cm³/mol. The molecular weight excluding hydrogens is 260 g/mol. The second kappa shape index (κ2) is 7.48. The van der Waals surface area contributed by atoms with Crippen molar-refractivity contribution in [3.63, 3.8) is 0 Å². The molecule has 0 atom stereocenters. The van der Waals surface area contributed by atoms with Crippen molar-refractivity contribution in [2.45, 2.75) is 18.9 Å². The molecule has 1 aromatic carbocycles. The second-order valence-electron chi connectivity index (χ2n) is 4.39. The van der Waals surface area contributed by atoms with Crippen LogP contribution in [0.1, 0.15) is 18.9 Å². The number of aliphatic hydroxyl groups excluding tert-OH is 2. The number of carbonyl (C=O) groups is 1. The standard InChI is InChI=1S/C14H18N2O4/c1-2-14(9-17,10-18)16-13(19)8-20-12-6-4-3-5-11(12)7-15/h3-6,17-18H,2,8-10H2,1H3,(H,16,19). The average Bonchev–Trinajstić information content (AvgIpc) is 2.51. The first-order chi connectivity index (χ1) is 9.60. The zero-order valence-electron chi connectivity index (χ0n) is 11.3. The van der Waals surface area contributed by atoms with Crippen LogP contribution in [0.15, 0.2) is 24.3 Å². The Bertz CT molecular complexity index is 484. The summed E-state index contributed by atoms with van der Waals surface area (Å²) >= 11 is 0. The van der Waals surface area contributed by atoms with Gasteiger partial charge in [-0.3, -0.25) is 4.79 Å². The molecule has 0 aliphatic heterocycles. The third-order valence-corrected chi connectivity index (χ3v) is 3.05. The first kappa shape index (κ1) is 16.0. The Morgan fingerprint density at radius 2 is 2.05 bits per heavy atom. The summed E-state index contributed by atoms with van der Waals surface area (Å²) in [7, 11) is 0. The van der Waals surface area contributed by atoms with Gasteiger partial charge in [0.15, 0.2) is 6.61 Å². The first-order valence-corrected chi connectivity index (χ1v) is 6.25. The highest BCUT2D eigenvalue weighted by Crippen LogP contribution is 2.16. The molecule has 0 fully saturated rings. The zero-order chi connectivity index (χ0) is 15.0. The average molecular weight is 278 g/mol. The molecule has 0 spiro atoms. The smallest absolute Gasteiger partial charge is 0.258 e. The molecule has 0 aliphatic rings. The van der Waals surface area contributed by atoms with Crippen LogP contribution in [0.3, 0.4) is 0 Å². The Kier molecular flexibility index (Phi) is 5.97. The highest BCUT2D eigenvalue weighted by molar-refractivity contribution is 5.78. The summed E-state index contributed by atoms with van der Waals surface area (Å²) in [5.74, 6) is -0.150. The van der Waals surface area contributed by atoms with Crippen LogP contribution < -0.4 is 10.1 Å². The van der Waals surface area contributed by atoms with Crippen LogP contribution in [-0.2, 0) is 4.79 Å². The molecule has 0 saturated heterocycles. The summed E-state index contributed by atoms with van der Waals surface area (Å²) in [6.07, 6.45) is 0.389. The highest BCUT2D eigenvalue weighted by atomic mass is 16.5. The van der Waals surface area contributed by atoms with Crippen molar-refractivity contribution in [2.24, 2.45) is 0 Å². The van der Waals surface area contributed by atoms with E-state index in [9.17, 15) is 15.0 Å². The Balaban J connectivity index is 2.62. The van der Waals surface area contributed by atoms with Gasteiger partial charge in [-0.2, -0.15) is 5.26 Å². The maximum atomic E-state index is 11.8. The quantitative estimate of drug-likeness (QED) is 0.660. The molecule has 0 aromatic heterocycles. The van der Waals surface area contributed by atoms with E-state index in [-0.39, 0.29) is 19.8 Å². The largest absolute Gasteiger partial charge is 0.482 e. The highest BCUT2D eigenvalue weighted by Gasteiger charge is 2.28. The maximum absolute atomic E-state index is 11.8. The van der Waals surface area contributed by atoms with Gasteiger partial charge >= 0.3 is 0 Å². The fourth-order valence-corrected chi connectivity index (χ4v) is 1.60. The maximum Gasteiger partial charge on any atom is 0.258 e. The van der Waals surface area contributed by atoms with E-state index in [0.717, 1.165) is 0 Å². The summed E-state index contributed by atoms with van der Waals surface area (Å²) < 4.78 is 5.27. The minimum atomic E-state index is -1.05. The molecule has 0 radical (unpaired) electrons. The summed E-state index contributed by atoms with van der Waals surface area (Å²) in [5.41, 5.74) is -0.707. The molecule has 20 heavy (non-hydrogen) atoms. The molecule has 1 amide bonds. The number of nitrogens with zero attached hydrogens (tertiary/aromatic N) is 1. The molecule has 0 saturated carbocycles. The number of hydrogen-bond donors (Lipinski definition) is 3. The van der Waals surface area contributed by atoms with E-state index in [4.69, 9.17) is 10.00 Å². The Morgan fingerprint density at radius 1 is 1.40 bits per heavy atom. The number of nitriles is 1. The number of benzene rings is 1. The SMILES string of the molecule is CCC(CO)(CO)NC(=O)COc1ccccc1C#N. The Labute approximate surface area is 117 Å². The topological polar surface area (TPSA) is 103 Å². The van der Waals surface area contributed by atoms with Crippen LogP contribution in [0.25, 0.3) is 0 Å². The molecule has 1 aromatic rings. The lowest BCUT2D eigenvalue weighted by atomic mass is 9.98. The fourth-order valence-electron chi connectivity index (χ4n) is 1.60. The van der Waals surface area contributed by atoms with E-state index in [1.165, 1.54) is 0 Å². The van der Waals surface area contributed by atoms with E-state index >= 15 is 0 Å². The number of aliphatic hydroxyl groups is 2. The van der Waals surface area contributed by atoms with Gasteiger partial charge < -0.3 is 20.3 Å². The lowest BCUT2D eigenvalue weighted by Gasteiger charge is -2.29. The number of ether oxygens (including phenoxy) is 1. The zero-order valence-corrected chi connectivity index (χ0v) is 11.3. The molecular formula is C14H18N2O4. The van der Waals surface area contributed by atoms with Crippen LogP contribution in [0.4, 0.5) is 0 Å². The summed E-state index contributed by atoms with van der Waals surface area (Å²) in [5, 5.41) is 29.9. The summed E-state index contributed by atoms with van der Waals surface area (Å²) in [6, 6.07) is 8.55. The van der Waals surface area contributed by atoms with Crippen molar-refractivity contribution < 1.29 is 19.7 Å². The normalized spacial score (nSPS) is 10.7. The minimum absolute atomic E-state index is 0.291. The van der Waals surface area contributed by atoms with E-state index in [1.54, 1.807) is 31.2 Å². The summed E-state index contributed by atoms with van der Waals surface area (Å²) in [6.45, 7) is 0.736. The van der Waals surface area contributed by atoms with E-state index in [1.807, 2.05) is 6.07 Å².